The number of rotatable bonds is 15. The van der Waals surface area contributed by atoms with Crippen LogP contribution in [0.3, 0.4) is 0 Å². The minimum atomic E-state index is -4.58. The fourth-order valence-electron chi connectivity index (χ4n) is 6.05. The van der Waals surface area contributed by atoms with Gasteiger partial charge in [-0.1, -0.05) is 127 Å². The molecule has 0 bridgehead atoms. The van der Waals surface area contributed by atoms with Gasteiger partial charge in [-0.3, -0.25) is 25.4 Å². The number of hydrogen-bond acceptors (Lipinski definition) is 12. The van der Waals surface area contributed by atoms with E-state index >= 15 is 0 Å². The standard InChI is InChI=1S/C46H40N8O3S3/c55-60(56,57)42-29-41(50-46-33-54(52-40-19-11-4-12-20-40)31-44(59-46)48-37-15-7-2-8-16-37)28-25-35(42)24-21-34-22-26-38(27-23-34)49-45-32-53(51-39-17-9-3-10-18-39)30-43(58-45)47-36-13-5-1-6-14-36/h1-33,47-52H,(H,55,56,57). The number of anilines is 6. The van der Waals surface area contributed by atoms with E-state index in [1.807, 2.05) is 186 Å². The summed E-state index contributed by atoms with van der Waals surface area (Å²) in [5.41, 5.74) is 13.0. The molecular weight excluding hydrogens is 809 g/mol. The predicted octanol–water partition coefficient (Wildman–Crippen LogP) is 11.5. The highest BCUT2D eigenvalue weighted by atomic mass is 32.2. The molecule has 2 heterocycles. The molecule has 11 nitrogen and oxygen atoms in total. The molecule has 0 spiro atoms. The van der Waals surface area contributed by atoms with Crippen molar-refractivity contribution in [3.8, 4) is 0 Å². The van der Waals surface area contributed by atoms with Gasteiger partial charge < -0.3 is 21.3 Å². The summed E-state index contributed by atoms with van der Waals surface area (Å²) < 4.78 is 35.7. The Morgan fingerprint density at radius 1 is 0.433 bits per heavy atom. The molecule has 0 atom stereocenters. The molecule has 300 valence electrons. The van der Waals surface area contributed by atoms with Crippen molar-refractivity contribution in [3.63, 3.8) is 0 Å². The normalized spacial score (nSPS) is 14.0. The van der Waals surface area contributed by atoms with Gasteiger partial charge in [0.1, 0.15) is 4.90 Å². The van der Waals surface area contributed by atoms with E-state index in [0.717, 1.165) is 49.1 Å². The number of thioether (sulfide) groups is 2. The SMILES string of the molecule is O=S(=O)(O)c1cc(NC2=CN(Nc3ccccc3)C=C(Nc3ccccc3)S2)ccc1C=Cc1ccc(NC2=CN(Nc3ccccc3)C=C(Nc3ccccc3)S2)cc1. The van der Waals surface area contributed by atoms with Crippen LogP contribution in [0.4, 0.5) is 34.1 Å². The number of hydrazine groups is 2. The van der Waals surface area contributed by atoms with Gasteiger partial charge in [0.25, 0.3) is 10.1 Å². The molecule has 0 saturated carbocycles. The van der Waals surface area contributed by atoms with E-state index < -0.39 is 10.1 Å². The molecule has 0 saturated heterocycles. The molecule has 0 aromatic heterocycles. The Morgan fingerprint density at radius 3 is 1.22 bits per heavy atom. The molecule has 0 unspecified atom stereocenters. The van der Waals surface area contributed by atoms with Gasteiger partial charge in [0.2, 0.25) is 0 Å². The van der Waals surface area contributed by atoms with Gasteiger partial charge in [0.15, 0.2) is 0 Å². The van der Waals surface area contributed by atoms with Gasteiger partial charge in [-0.05, 0) is 83.9 Å². The van der Waals surface area contributed by atoms with E-state index in [9.17, 15) is 13.0 Å². The fraction of sp³-hybridized carbons (Fsp3) is 0. The highest BCUT2D eigenvalue weighted by Gasteiger charge is 2.19. The number of hydrogen-bond donors (Lipinski definition) is 7. The van der Waals surface area contributed by atoms with Crippen LogP contribution in [0.5, 0.6) is 0 Å². The summed E-state index contributed by atoms with van der Waals surface area (Å²) in [4.78, 5) is -0.219. The van der Waals surface area contributed by atoms with Crippen LogP contribution in [0.25, 0.3) is 12.2 Å². The molecule has 60 heavy (non-hydrogen) atoms. The summed E-state index contributed by atoms with van der Waals surface area (Å²) in [7, 11) is -4.58. The minimum Gasteiger partial charge on any atom is -0.349 e. The fourth-order valence-corrected chi connectivity index (χ4v) is 8.58. The quantitative estimate of drug-likeness (QED) is 0.0391. The Bertz CT molecular complexity index is 2680. The lowest BCUT2D eigenvalue weighted by molar-refractivity contribution is 0.483. The average Bonchev–Trinajstić information content (AvgIpc) is 3.25. The van der Waals surface area contributed by atoms with Crippen molar-refractivity contribution in [2.45, 2.75) is 4.90 Å². The lowest BCUT2D eigenvalue weighted by Crippen LogP contribution is -2.23. The zero-order chi connectivity index (χ0) is 41.2. The number of benzene rings is 6. The van der Waals surface area contributed by atoms with E-state index in [0.29, 0.717) is 16.3 Å². The maximum atomic E-state index is 12.7. The molecule has 0 amide bonds. The van der Waals surface area contributed by atoms with Crippen LogP contribution in [-0.2, 0) is 10.1 Å². The number of nitrogens with zero attached hydrogens (tertiary/aromatic N) is 2. The molecule has 0 fully saturated rings. The van der Waals surface area contributed by atoms with Crippen LogP contribution < -0.4 is 32.1 Å². The first kappa shape index (κ1) is 39.8. The van der Waals surface area contributed by atoms with Crippen molar-refractivity contribution in [1.82, 2.24) is 10.0 Å². The summed E-state index contributed by atoms with van der Waals surface area (Å²) in [5.74, 6) is 0. The Hall–Kier alpha value is -6.97. The molecule has 14 heteroatoms. The topological polar surface area (TPSA) is 133 Å². The van der Waals surface area contributed by atoms with Crippen LogP contribution in [0.1, 0.15) is 11.1 Å². The highest BCUT2D eigenvalue weighted by molar-refractivity contribution is 8.07. The molecule has 2 aliphatic heterocycles. The second kappa shape index (κ2) is 18.7. The summed E-state index contributed by atoms with van der Waals surface area (Å²) in [6.45, 7) is 0. The van der Waals surface area contributed by atoms with Crippen molar-refractivity contribution in [1.29, 1.82) is 0 Å². The van der Waals surface area contributed by atoms with Crippen molar-refractivity contribution in [3.05, 3.63) is 220 Å². The van der Waals surface area contributed by atoms with E-state index in [-0.39, 0.29) is 4.90 Å². The van der Waals surface area contributed by atoms with Crippen LogP contribution in [0.15, 0.2) is 214 Å². The molecule has 6 aromatic carbocycles. The van der Waals surface area contributed by atoms with Crippen molar-refractivity contribution < 1.29 is 13.0 Å². The van der Waals surface area contributed by atoms with Crippen LogP contribution in [0.2, 0.25) is 0 Å². The Morgan fingerprint density at radius 2 is 0.800 bits per heavy atom. The summed E-state index contributed by atoms with van der Waals surface area (Å²) in [6.07, 6.45) is 11.3. The van der Waals surface area contributed by atoms with Crippen molar-refractivity contribution >= 4 is 79.9 Å². The largest absolute Gasteiger partial charge is 0.349 e. The Labute approximate surface area is 358 Å². The number of para-hydroxylation sites is 4. The third-order valence-corrected chi connectivity index (χ3v) is 11.4. The maximum Gasteiger partial charge on any atom is 0.295 e. The monoisotopic (exact) mass is 848 g/mol. The minimum absolute atomic E-state index is 0.219. The highest BCUT2D eigenvalue weighted by Crippen LogP contribution is 2.35. The Balaban J connectivity index is 0.958. The van der Waals surface area contributed by atoms with Gasteiger partial charge in [0, 0.05) is 22.7 Å². The van der Waals surface area contributed by atoms with Crippen molar-refractivity contribution in [2.24, 2.45) is 0 Å². The molecule has 6 aromatic rings. The zero-order valence-corrected chi connectivity index (χ0v) is 34.4. The molecule has 8 rings (SSSR count). The zero-order valence-electron chi connectivity index (χ0n) is 31.9. The number of nitrogens with one attached hydrogen (secondary N) is 6. The second-order valence-corrected chi connectivity index (χ2v) is 16.9. The molecular formula is C46H40N8O3S3. The lowest BCUT2D eigenvalue weighted by atomic mass is 10.1. The van der Waals surface area contributed by atoms with Crippen LogP contribution in [0, 0.1) is 0 Å². The Kier molecular flexibility index (Phi) is 12.4. The van der Waals surface area contributed by atoms with Crippen LogP contribution in [-0.4, -0.2) is 23.0 Å². The summed E-state index contributed by atoms with van der Waals surface area (Å²) >= 11 is 3.01. The van der Waals surface area contributed by atoms with E-state index in [2.05, 4.69) is 32.1 Å². The lowest BCUT2D eigenvalue weighted by Gasteiger charge is -2.27. The third kappa shape index (κ3) is 11.2. The van der Waals surface area contributed by atoms with Crippen molar-refractivity contribution in [2.75, 3.05) is 32.1 Å². The molecule has 2 aliphatic rings. The summed E-state index contributed by atoms with van der Waals surface area (Å²) in [6, 6.07) is 52.2. The molecule has 7 N–H and O–H groups in total. The van der Waals surface area contributed by atoms with Gasteiger partial charge in [-0.2, -0.15) is 8.42 Å². The summed E-state index contributed by atoms with van der Waals surface area (Å²) in [5, 5.41) is 20.8. The van der Waals surface area contributed by atoms with Gasteiger partial charge in [-0.25, -0.2) is 0 Å². The molecule has 0 aliphatic carbocycles. The van der Waals surface area contributed by atoms with Gasteiger partial charge >= 0.3 is 0 Å². The van der Waals surface area contributed by atoms with E-state index in [1.54, 1.807) is 30.0 Å². The average molecular weight is 849 g/mol. The third-order valence-electron chi connectivity index (χ3n) is 8.80. The van der Waals surface area contributed by atoms with Crippen LogP contribution >= 0.6 is 23.5 Å². The predicted molar refractivity (Wildman–Crippen MR) is 250 cm³/mol. The van der Waals surface area contributed by atoms with Gasteiger partial charge in [-0.15, -0.1) is 0 Å². The van der Waals surface area contributed by atoms with Gasteiger partial charge in [0.05, 0.1) is 56.3 Å². The second-order valence-electron chi connectivity index (χ2n) is 13.4. The van der Waals surface area contributed by atoms with E-state index in [4.69, 9.17) is 0 Å². The first-order valence-corrected chi connectivity index (χ1v) is 21.9. The molecule has 0 radical (unpaired) electrons. The maximum absolute atomic E-state index is 12.7. The smallest absolute Gasteiger partial charge is 0.295 e. The first-order valence-electron chi connectivity index (χ1n) is 18.8. The first-order chi connectivity index (χ1) is 29.3. The van der Waals surface area contributed by atoms with E-state index in [1.165, 1.54) is 17.8 Å².